The minimum atomic E-state index is -4.36. The maximum Gasteiger partial charge on any atom is 0.472 e. The molecule has 10 heteroatoms. The smallest absolute Gasteiger partial charge is 0.462 e. The Hall–Kier alpha value is -0.990. The second-order valence-electron chi connectivity index (χ2n) is 18.2. The van der Waals surface area contributed by atoms with Crippen LogP contribution in [0.25, 0.3) is 0 Å². The zero-order valence-corrected chi connectivity index (χ0v) is 40.0. The van der Waals surface area contributed by atoms with Gasteiger partial charge in [0.2, 0.25) is 0 Å². The molecule has 0 fully saturated rings. The summed E-state index contributed by atoms with van der Waals surface area (Å²) >= 11 is 0. The Morgan fingerprint density at radius 1 is 0.466 bits per heavy atom. The number of ether oxygens (including phenoxy) is 2. The quantitative estimate of drug-likeness (QED) is 0.0279. The fourth-order valence-electron chi connectivity index (χ4n) is 7.25. The van der Waals surface area contributed by atoms with Crippen LogP contribution in [0, 0.1) is 0 Å². The molecule has 0 amide bonds. The summed E-state index contributed by atoms with van der Waals surface area (Å²) in [6, 6.07) is 0. The van der Waals surface area contributed by atoms with Crippen LogP contribution < -0.4 is 0 Å². The van der Waals surface area contributed by atoms with Crippen molar-refractivity contribution in [2.75, 3.05) is 47.5 Å². The summed E-state index contributed by atoms with van der Waals surface area (Å²) < 4.78 is 34.1. The van der Waals surface area contributed by atoms with E-state index in [9.17, 15) is 19.0 Å². The first-order valence-electron chi connectivity index (χ1n) is 24.8. The second-order valence-corrected chi connectivity index (χ2v) is 19.7. The third-order valence-corrected chi connectivity index (χ3v) is 12.1. The molecule has 58 heavy (non-hydrogen) atoms. The number of likely N-dealkylation sites (N-methyl/N-ethyl adjacent to an activating group) is 1. The van der Waals surface area contributed by atoms with E-state index in [0.29, 0.717) is 11.0 Å². The summed E-state index contributed by atoms with van der Waals surface area (Å²) in [5.74, 6) is -0.798. The van der Waals surface area contributed by atoms with Gasteiger partial charge in [0.1, 0.15) is 19.8 Å². The van der Waals surface area contributed by atoms with Gasteiger partial charge in [-0.3, -0.25) is 18.6 Å². The summed E-state index contributed by atoms with van der Waals surface area (Å²) in [4.78, 5) is 35.1. The first-order chi connectivity index (χ1) is 28.0. The van der Waals surface area contributed by atoms with Crippen LogP contribution in [0.5, 0.6) is 0 Å². The SMILES string of the molecule is CCCCCCCCCCCCCCCCCCCCCCCCCCCCCCCC(=O)OC(COC(=O)CCCCCCC)COP(=O)(O)OCC[N+](C)(C)C. The molecule has 0 aliphatic rings. The number of rotatable bonds is 46. The zero-order chi connectivity index (χ0) is 42.8. The molecule has 2 unspecified atom stereocenters. The van der Waals surface area contributed by atoms with Crippen molar-refractivity contribution in [1.82, 2.24) is 0 Å². The predicted molar refractivity (Wildman–Crippen MR) is 243 cm³/mol. The third kappa shape index (κ3) is 44.6. The summed E-state index contributed by atoms with van der Waals surface area (Å²) in [5, 5.41) is 0. The fourth-order valence-corrected chi connectivity index (χ4v) is 7.99. The highest BCUT2D eigenvalue weighted by atomic mass is 31.2. The first-order valence-corrected chi connectivity index (χ1v) is 26.3. The van der Waals surface area contributed by atoms with E-state index in [1.807, 2.05) is 21.1 Å². The van der Waals surface area contributed by atoms with Crippen molar-refractivity contribution in [2.24, 2.45) is 0 Å². The molecule has 0 heterocycles. The molecule has 0 saturated heterocycles. The van der Waals surface area contributed by atoms with E-state index in [1.54, 1.807) is 0 Å². The minimum Gasteiger partial charge on any atom is -0.462 e. The van der Waals surface area contributed by atoms with E-state index >= 15 is 0 Å². The van der Waals surface area contributed by atoms with Crippen molar-refractivity contribution >= 4 is 19.8 Å². The molecule has 0 aromatic rings. The molecule has 0 aromatic heterocycles. The molecular formula is C48H97NO8P+. The Kier molecular flexibility index (Phi) is 40.7. The number of nitrogens with zero attached hydrogens (tertiary/aromatic N) is 1. The van der Waals surface area contributed by atoms with Crippen molar-refractivity contribution in [3.05, 3.63) is 0 Å². The van der Waals surface area contributed by atoms with Gasteiger partial charge in [0.05, 0.1) is 27.7 Å². The van der Waals surface area contributed by atoms with Crippen molar-refractivity contribution in [2.45, 2.75) is 251 Å². The first kappa shape index (κ1) is 57.0. The van der Waals surface area contributed by atoms with Crippen LogP contribution in [0.4, 0.5) is 0 Å². The van der Waals surface area contributed by atoms with Gasteiger partial charge >= 0.3 is 19.8 Å². The Bertz CT molecular complexity index is 958. The predicted octanol–water partition coefficient (Wildman–Crippen LogP) is 14.4. The molecule has 0 aliphatic carbocycles. The molecule has 0 aromatic carbocycles. The van der Waals surface area contributed by atoms with E-state index in [4.69, 9.17) is 18.5 Å². The Morgan fingerprint density at radius 3 is 1.10 bits per heavy atom. The lowest BCUT2D eigenvalue weighted by molar-refractivity contribution is -0.870. The molecule has 1 N–H and O–H groups in total. The number of carbonyl (C=O) groups is 2. The topological polar surface area (TPSA) is 108 Å². The summed E-state index contributed by atoms with van der Waals surface area (Å²) in [6.07, 6.45) is 43.7. The molecule has 0 rings (SSSR count). The van der Waals surface area contributed by atoms with E-state index in [2.05, 4.69) is 13.8 Å². The van der Waals surface area contributed by atoms with E-state index < -0.39 is 26.5 Å². The number of esters is 2. The molecule has 346 valence electrons. The molecule has 0 radical (unpaired) electrons. The standard InChI is InChI=1S/C48H96NO8P/c1-6-8-10-12-13-14-15-16-17-18-19-20-21-22-23-24-25-26-27-28-29-30-31-32-33-34-35-37-39-41-48(51)57-46(44-54-47(50)40-38-36-11-9-7-2)45-56-58(52,53)55-43-42-49(3,4)5/h46H,6-45H2,1-5H3/p+1. The van der Waals surface area contributed by atoms with Crippen molar-refractivity contribution in [3.8, 4) is 0 Å². The molecule has 0 bridgehead atoms. The van der Waals surface area contributed by atoms with Gasteiger partial charge in [0.15, 0.2) is 6.10 Å². The Morgan fingerprint density at radius 2 is 0.776 bits per heavy atom. The fraction of sp³-hybridized carbons (Fsp3) is 0.958. The number of hydrogen-bond donors (Lipinski definition) is 1. The lowest BCUT2D eigenvalue weighted by atomic mass is 10.0. The van der Waals surface area contributed by atoms with Gasteiger partial charge in [-0.25, -0.2) is 4.57 Å². The molecule has 0 saturated carbocycles. The maximum atomic E-state index is 12.6. The lowest BCUT2D eigenvalue weighted by Gasteiger charge is -2.24. The largest absolute Gasteiger partial charge is 0.472 e. The van der Waals surface area contributed by atoms with Crippen molar-refractivity contribution in [3.63, 3.8) is 0 Å². The number of phosphoric ester groups is 1. The van der Waals surface area contributed by atoms with Gasteiger partial charge in [-0.05, 0) is 12.8 Å². The minimum absolute atomic E-state index is 0.0361. The molecule has 0 spiro atoms. The van der Waals surface area contributed by atoms with Crippen LogP contribution in [0.3, 0.4) is 0 Å². The number of phosphoric acid groups is 1. The van der Waals surface area contributed by atoms with Crippen LogP contribution in [0.2, 0.25) is 0 Å². The Balaban J connectivity index is 3.86. The summed E-state index contributed by atoms with van der Waals surface area (Å²) in [5.41, 5.74) is 0. The van der Waals surface area contributed by atoms with Crippen molar-refractivity contribution in [1.29, 1.82) is 0 Å². The van der Waals surface area contributed by atoms with Crippen molar-refractivity contribution < 1.29 is 42.1 Å². The highest BCUT2D eigenvalue weighted by molar-refractivity contribution is 7.47. The maximum absolute atomic E-state index is 12.6. The van der Waals surface area contributed by atoms with E-state index in [-0.39, 0.29) is 32.0 Å². The number of carbonyl (C=O) groups excluding carboxylic acids is 2. The van der Waals surface area contributed by atoms with Crippen LogP contribution >= 0.6 is 7.82 Å². The van der Waals surface area contributed by atoms with Gasteiger partial charge in [-0.2, -0.15) is 0 Å². The molecule has 2 atom stereocenters. The van der Waals surface area contributed by atoms with Gasteiger partial charge < -0.3 is 18.9 Å². The van der Waals surface area contributed by atoms with Crippen LogP contribution in [0.1, 0.15) is 245 Å². The van der Waals surface area contributed by atoms with Crippen LogP contribution in [0.15, 0.2) is 0 Å². The molecule has 0 aliphatic heterocycles. The van der Waals surface area contributed by atoms with E-state index in [0.717, 1.165) is 51.4 Å². The molecular weight excluding hydrogens is 750 g/mol. The third-order valence-electron chi connectivity index (χ3n) is 11.1. The van der Waals surface area contributed by atoms with Gasteiger partial charge in [0.25, 0.3) is 0 Å². The molecule has 9 nitrogen and oxygen atoms in total. The van der Waals surface area contributed by atoms with E-state index in [1.165, 1.54) is 167 Å². The van der Waals surface area contributed by atoms with Crippen LogP contribution in [-0.2, 0) is 32.7 Å². The summed E-state index contributed by atoms with van der Waals surface area (Å²) in [6.45, 7) is 4.37. The number of quaternary nitrogens is 1. The summed E-state index contributed by atoms with van der Waals surface area (Å²) in [7, 11) is 1.49. The van der Waals surface area contributed by atoms with Gasteiger partial charge in [0, 0.05) is 12.8 Å². The number of unbranched alkanes of at least 4 members (excludes halogenated alkanes) is 32. The number of hydrogen-bond acceptors (Lipinski definition) is 7. The van der Waals surface area contributed by atoms with Gasteiger partial charge in [-0.1, -0.05) is 219 Å². The average Bonchev–Trinajstić information content (AvgIpc) is 3.17. The lowest BCUT2D eigenvalue weighted by Crippen LogP contribution is -2.37. The zero-order valence-electron chi connectivity index (χ0n) is 39.1. The monoisotopic (exact) mass is 847 g/mol. The Labute approximate surface area is 359 Å². The second kappa shape index (κ2) is 41.4. The highest BCUT2D eigenvalue weighted by Gasteiger charge is 2.27. The normalized spacial score (nSPS) is 13.4. The van der Waals surface area contributed by atoms with Gasteiger partial charge in [-0.15, -0.1) is 0 Å². The average molecular weight is 847 g/mol. The van der Waals surface area contributed by atoms with Crippen LogP contribution in [-0.4, -0.2) is 74.9 Å². The highest BCUT2D eigenvalue weighted by Crippen LogP contribution is 2.43.